The van der Waals surface area contributed by atoms with Crippen LogP contribution >= 0.6 is 0 Å². The number of imide groups is 1. The predicted octanol–water partition coefficient (Wildman–Crippen LogP) is 1.37. The molecule has 3 rings (SSSR count). The van der Waals surface area contributed by atoms with Crippen LogP contribution in [0.15, 0.2) is 24.3 Å². The van der Waals surface area contributed by atoms with Crippen LogP contribution in [-0.4, -0.2) is 36.0 Å². The Bertz CT molecular complexity index is 636. The van der Waals surface area contributed by atoms with E-state index in [-0.39, 0.29) is 11.9 Å². The molecule has 1 unspecified atom stereocenters. The first-order chi connectivity index (χ1) is 11.5. The van der Waals surface area contributed by atoms with E-state index in [0.717, 1.165) is 25.7 Å². The summed E-state index contributed by atoms with van der Waals surface area (Å²) in [6.07, 6.45) is 4.03. The molecule has 128 valence electrons. The zero-order chi connectivity index (χ0) is 17.1. The molecule has 0 saturated heterocycles. The summed E-state index contributed by atoms with van der Waals surface area (Å²) in [4.78, 5) is 35.4. The number of hydrogen-bond acceptors (Lipinski definition) is 4. The molecule has 1 aromatic carbocycles. The minimum absolute atomic E-state index is 0.0772. The number of urea groups is 1. The van der Waals surface area contributed by atoms with Crippen LogP contribution in [0.25, 0.3) is 0 Å². The van der Waals surface area contributed by atoms with Gasteiger partial charge in [0.25, 0.3) is 5.91 Å². The van der Waals surface area contributed by atoms with E-state index in [0.29, 0.717) is 17.3 Å². The van der Waals surface area contributed by atoms with Crippen molar-refractivity contribution >= 4 is 23.5 Å². The third kappa shape index (κ3) is 4.71. The van der Waals surface area contributed by atoms with Gasteiger partial charge in [0.05, 0.1) is 0 Å². The van der Waals surface area contributed by atoms with E-state index < -0.39 is 18.0 Å². The fourth-order valence-electron chi connectivity index (χ4n) is 2.20. The highest BCUT2D eigenvalue weighted by atomic mass is 16.2. The maximum Gasteiger partial charge on any atom is 0.321 e. The number of rotatable bonds is 6. The smallest absolute Gasteiger partial charge is 0.321 e. The molecule has 7 nitrogen and oxygen atoms in total. The largest absolute Gasteiger partial charge is 0.374 e. The molecular formula is C17H22N4O3. The molecule has 4 amide bonds. The topological polar surface area (TPSA) is 99.3 Å². The average molecular weight is 330 g/mol. The molecule has 2 saturated carbocycles. The summed E-state index contributed by atoms with van der Waals surface area (Å²) in [6.45, 7) is 1.67. The molecule has 0 bridgehead atoms. The molecule has 1 atom stereocenters. The van der Waals surface area contributed by atoms with Gasteiger partial charge in [-0.25, -0.2) is 4.79 Å². The SMILES string of the molecule is CC(Nc1ccc(C(=O)NC2CC2)cc1)C(=O)NC(=O)NC1CC1. The van der Waals surface area contributed by atoms with E-state index in [1.165, 1.54) is 0 Å². The minimum Gasteiger partial charge on any atom is -0.374 e. The van der Waals surface area contributed by atoms with Crippen LogP contribution in [-0.2, 0) is 4.79 Å². The number of anilines is 1. The zero-order valence-corrected chi connectivity index (χ0v) is 13.6. The fourth-order valence-corrected chi connectivity index (χ4v) is 2.20. The van der Waals surface area contributed by atoms with Gasteiger partial charge >= 0.3 is 6.03 Å². The van der Waals surface area contributed by atoms with Crippen LogP contribution < -0.4 is 21.3 Å². The molecule has 2 aliphatic rings. The minimum atomic E-state index is -0.568. The summed E-state index contributed by atoms with van der Waals surface area (Å²) in [6, 6.07) is 6.42. The number of amides is 4. The van der Waals surface area contributed by atoms with Crippen molar-refractivity contribution in [1.82, 2.24) is 16.0 Å². The molecule has 0 heterocycles. The lowest BCUT2D eigenvalue weighted by Gasteiger charge is -2.15. The molecule has 0 aromatic heterocycles. The van der Waals surface area contributed by atoms with Gasteiger partial charge in [0.2, 0.25) is 5.91 Å². The van der Waals surface area contributed by atoms with Crippen molar-refractivity contribution in [2.75, 3.05) is 5.32 Å². The van der Waals surface area contributed by atoms with Crippen LogP contribution in [0.1, 0.15) is 43.0 Å². The average Bonchev–Trinajstić information content (AvgIpc) is 3.44. The molecule has 1 aromatic rings. The molecule has 24 heavy (non-hydrogen) atoms. The molecule has 0 radical (unpaired) electrons. The van der Waals surface area contributed by atoms with E-state index in [1.54, 1.807) is 31.2 Å². The van der Waals surface area contributed by atoms with Gasteiger partial charge in [-0.1, -0.05) is 0 Å². The Balaban J connectivity index is 1.47. The van der Waals surface area contributed by atoms with Crippen LogP contribution in [0.4, 0.5) is 10.5 Å². The van der Waals surface area contributed by atoms with Gasteiger partial charge in [-0.3, -0.25) is 14.9 Å². The maximum absolute atomic E-state index is 12.0. The third-order valence-corrected chi connectivity index (χ3v) is 3.99. The predicted molar refractivity (Wildman–Crippen MR) is 89.7 cm³/mol. The van der Waals surface area contributed by atoms with E-state index in [1.807, 2.05) is 0 Å². The van der Waals surface area contributed by atoms with Gasteiger partial charge in [0, 0.05) is 23.3 Å². The van der Waals surface area contributed by atoms with E-state index in [2.05, 4.69) is 21.3 Å². The molecule has 0 spiro atoms. The van der Waals surface area contributed by atoms with Gasteiger partial charge in [-0.15, -0.1) is 0 Å². The quantitative estimate of drug-likeness (QED) is 0.633. The van der Waals surface area contributed by atoms with E-state index >= 15 is 0 Å². The molecular weight excluding hydrogens is 308 g/mol. The highest BCUT2D eigenvalue weighted by Crippen LogP contribution is 2.20. The Morgan fingerprint density at radius 2 is 1.54 bits per heavy atom. The molecule has 2 aliphatic carbocycles. The molecule has 0 aliphatic heterocycles. The Hall–Kier alpha value is -2.57. The first-order valence-corrected chi connectivity index (χ1v) is 8.30. The number of carbonyl (C=O) groups excluding carboxylic acids is 3. The summed E-state index contributed by atoms with van der Waals surface area (Å²) >= 11 is 0. The van der Waals surface area contributed by atoms with Crippen molar-refractivity contribution in [1.29, 1.82) is 0 Å². The second kappa shape index (κ2) is 6.90. The zero-order valence-electron chi connectivity index (χ0n) is 13.6. The van der Waals surface area contributed by atoms with Gasteiger partial charge in [-0.05, 0) is 56.9 Å². The summed E-state index contributed by atoms with van der Waals surface area (Å²) in [5, 5.41) is 10.9. The van der Waals surface area contributed by atoms with Crippen LogP contribution in [0.3, 0.4) is 0 Å². The first kappa shape index (κ1) is 16.3. The van der Waals surface area contributed by atoms with Crippen LogP contribution in [0, 0.1) is 0 Å². The maximum atomic E-state index is 12.0. The third-order valence-electron chi connectivity index (χ3n) is 3.99. The summed E-state index contributed by atoms with van der Waals surface area (Å²) in [5.41, 5.74) is 1.30. The van der Waals surface area contributed by atoms with Crippen molar-refractivity contribution in [3.63, 3.8) is 0 Å². The van der Waals surface area contributed by atoms with E-state index in [4.69, 9.17) is 0 Å². The van der Waals surface area contributed by atoms with Gasteiger partial charge in [0.15, 0.2) is 0 Å². The molecule has 7 heteroatoms. The number of benzene rings is 1. The number of carbonyl (C=O) groups is 3. The number of nitrogens with one attached hydrogen (secondary N) is 4. The number of hydrogen-bond donors (Lipinski definition) is 4. The summed E-state index contributed by atoms with van der Waals surface area (Å²) in [7, 11) is 0. The van der Waals surface area contributed by atoms with Gasteiger partial charge in [-0.2, -0.15) is 0 Å². The Morgan fingerprint density at radius 1 is 0.958 bits per heavy atom. The standard InChI is InChI=1S/C17H22N4O3/c1-10(15(22)21-17(24)20-14-8-9-14)18-12-4-2-11(3-5-12)16(23)19-13-6-7-13/h2-5,10,13-14,18H,6-9H2,1H3,(H,19,23)(H2,20,21,22,24). The highest BCUT2D eigenvalue weighted by molar-refractivity contribution is 5.98. The summed E-state index contributed by atoms with van der Waals surface area (Å²) in [5.74, 6) is -0.477. The Kier molecular flexibility index (Phi) is 4.69. The van der Waals surface area contributed by atoms with E-state index in [9.17, 15) is 14.4 Å². The second-order valence-corrected chi connectivity index (χ2v) is 6.43. The molecule has 2 fully saturated rings. The fraction of sp³-hybridized carbons (Fsp3) is 0.471. The van der Waals surface area contributed by atoms with Crippen molar-refractivity contribution in [3.05, 3.63) is 29.8 Å². The first-order valence-electron chi connectivity index (χ1n) is 8.30. The van der Waals surface area contributed by atoms with Crippen LogP contribution in [0.5, 0.6) is 0 Å². The monoisotopic (exact) mass is 330 g/mol. The summed E-state index contributed by atoms with van der Waals surface area (Å²) < 4.78 is 0. The molecule has 4 N–H and O–H groups in total. The van der Waals surface area contributed by atoms with Gasteiger partial charge in [0.1, 0.15) is 6.04 Å². The van der Waals surface area contributed by atoms with Crippen molar-refractivity contribution < 1.29 is 14.4 Å². The van der Waals surface area contributed by atoms with Gasteiger partial charge < -0.3 is 16.0 Å². The lowest BCUT2D eigenvalue weighted by molar-refractivity contribution is -0.120. The highest BCUT2D eigenvalue weighted by Gasteiger charge is 2.25. The lowest BCUT2D eigenvalue weighted by atomic mass is 10.2. The Morgan fingerprint density at radius 3 is 2.12 bits per heavy atom. The second-order valence-electron chi connectivity index (χ2n) is 6.43. The normalized spacial score (nSPS) is 17.5. The van der Waals surface area contributed by atoms with Crippen molar-refractivity contribution in [2.45, 2.75) is 50.7 Å². The Labute approximate surface area is 140 Å². The van der Waals surface area contributed by atoms with Crippen molar-refractivity contribution in [2.24, 2.45) is 0 Å². The lowest BCUT2D eigenvalue weighted by Crippen LogP contribution is -2.46. The van der Waals surface area contributed by atoms with Crippen molar-refractivity contribution in [3.8, 4) is 0 Å². The van der Waals surface area contributed by atoms with Crippen LogP contribution in [0.2, 0.25) is 0 Å².